The minimum Gasteiger partial charge on any atom is -0.494 e. The number of halogens is 3. The third-order valence-electron chi connectivity index (χ3n) is 2.98. The average Bonchev–Trinajstić information content (AvgIpc) is 2.49. The highest BCUT2D eigenvalue weighted by atomic mass is 35.5. The third-order valence-corrected chi connectivity index (χ3v) is 3.27. The fraction of sp³-hybridized carbons (Fsp3) is 0.250. The highest BCUT2D eigenvalue weighted by molar-refractivity contribution is 6.17. The van der Waals surface area contributed by atoms with Crippen molar-refractivity contribution in [2.24, 2.45) is 0 Å². The Hall–Kier alpha value is -1.81. The summed E-state index contributed by atoms with van der Waals surface area (Å²) in [7, 11) is 0. The summed E-state index contributed by atoms with van der Waals surface area (Å²) in [4.78, 5) is 0. The minimum absolute atomic E-state index is 0.343. The first-order valence-corrected chi connectivity index (χ1v) is 7.17. The van der Waals surface area contributed by atoms with Crippen molar-refractivity contribution in [1.82, 2.24) is 0 Å². The molecule has 0 unspecified atom stereocenters. The van der Waals surface area contributed by atoms with Crippen molar-refractivity contribution in [3.05, 3.63) is 59.2 Å². The van der Waals surface area contributed by atoms with Gasteiger partial charge in [0.05, 0.1) is 12.5 Å². The average molecular weight is 312 g/mol. The zero-order valence-electron chi connectivity index (χ0n) is 11.6. The highest BCUT2D eigenvalue weighted by Crippen LogP contribution is 2.25. The van der Waals surface area contributed by atoms with Crippen LogP contribution < -0.4 is 10.1 Å². The number of anilines is 1. The molecule has 0 saturated heterocycles. The maximum atomic E-state index is 13.1. The van der Waals surface area contributed by atoms with E-state index in [0.29, 0.717) is 24.6 Å². The van der Waals surface area contributed by atoms with E-state index in [1.54, 1.807) is 6.07 Å². The van der Waals surface area contributed by atoms with Gasteiger partial charge in [-0.3, -0.25) is 0 Å². The van der Waals surface area contributed by atoms with E-state index in [1.165, 1.54) is 6.07 Å². The van der Waals surface area contributed by atoms with Gasteiger partial charge in [0, 0.05) is 17.8 Å². The molecule has 2 aromatic carbocycles. The van der Waals surface area contributed by atoms with Crippen molar-refractivity contribution in [2.45, 2.75) is 19.3 Å². The first-order valence-electron chi connectivity index (χ1n) is 6.63. The van der Waals surface area contributed by atoms with Crippen LogP contribution >= 0.6 is 11.6 Å². The van der Waals surface area contributed by atoms with Crippen LogP contribution in [0.15, 0.2) is 36.4 Å². The molecule has 0 atom stereocenters. The lowest BCUT2D eigenvalue weighted by atomic mass is 10.1. The van der Waals surface area contributed by atoms with E-state index in [-0.39, 0.29) is 0 Å². The number of nitrogens with one attached hydrogen (secondary N) is 1. The largest absolute Gasteiger partial charge is 0.494 e. The molecular formula is C16H16ClF2NO. The Bertz CT molecular complexity index is 619. The normalized spacial score (nSPS) is 10.5. The molecule has 0 aliphatic carbocycles. The standard InChI is InChI=1S/C16H16ClF2NO/c1-2-21-16-6-4-13(8-12(16)9-17)20-10-11-3-5-14(18)15(19)7-11/h3-8,20H,2,9-10H2,1H3. The van der Waals surface area contributed by atoms with Crippen LogP contribution in [0.2, 0.25) is 0 Å². The maximum Gasteiger partial charge on any atom is 0.159 e. The first-order chi connectivity index (χ1) is 10.1. The summed E-state index contributed by atoms with van der Waals surface area (Å²) in [6, 6.07) is 9.43. The van der Waals surface area contributed by atoms with Crippen LogP contribution in [0.25, 0.3) is 0 Å². The second kappa shape index (κ2) is 7.27. The smallest absolute Gasteiger partial charge is 0.159 e. The Kier molecular flexibility index (Phi) is 5.39. The van der Waals surface area contributed by atoms with Crippen LogP contribution in [-0.4, -0.2) is 6.61 Å². The van der Waals surface area contributed by atoms with Gasteiger partial charge in [-0.2, -0.15) is 0 Å². The summed E-state index contributed by atoms with van der Waals surface area (Å²) in [5, 5.41) is 3.15. The van der Waals surface area contributed by atoms with E-state index in [4.69, 9.17) is 16.3 Å². The Morgan fingerprint density at radius 3 is 2.57 bits per heavy atom. The number of alkyl halides is 1. The van der Waals surface area contributed by atoms with Crippen LogP contribution in [0.1, 0.15) is 18.1 Å². The number of hydrogen-bond acceptors (Lipinski definition) is 2. The molecule has 112 valence electrons. The molecule has 0 saturated carbocycles. The van der Waals surface area contributed by atoms with Gasteiger partial charge >= 0.3 is 0 Å². The van der Waals surface area contributed by atoms with Gasteiger partial charge in [-0.1, -0.05) is 6.07 Å². The molecule has 2 aromatic rings. The maximum absolute atomic E-state index is 13.1. The number of hydrogen-bond donors (Lipinski definition) is 1. The molecule has 0 fully saturated rings. The summed E-state index contributed by atoms with van der Waals surface area (Å²) >= 11 is 5.90. The van der Waals surface area contributed by atoms with Crippen molar-refractivity contribution in [3.8, 4) is 5.75 Å². The van der Waals surface area contributed by atoms with Crippen molar-refractivity contribution in [3.63, 3.8) is 0 Å². The molecule has 0 radical (unpaired) electrons. The summed E-state index contributed by atoms with van der Waals surface area (Å²) in [6.45, 7) is 2.88. The van der Waals surface area contributed by atoms with Crippen LogP contribution in [0, 0.1) is 11.6 Å². The molecule has 21 heavy (non-hydrogen) atoms. The van der Waals surface area contributed by atoms with E-state index in [9.17, 15) is 8.78 Å². The molecular weight excluding hydrogens is 296 g/mol. The minimum atomic E-state index is -0.845. The van der Waals surface area contributed by atoms with Crippen LogP contribution in [0.5, 0.6) is 5.75 Å². The Balaban J connectivity index is 2.07. The Labute approximate surface area is 127 Å². The highest BCUT2D eigenvalue weighted by Gasteiger charge is 2.05. The van der Waals surface area contributed by atoms with Gasteiger partial charge in [0.2, 0.25) is 0 Å². The topological polar surface area (TPSA) is 21.3 Å². The molecule has 1 N–H and O–H groups in total. The van der Waals surface area contributed by atoms with Gasteiger partial charge < -0.3 is 10.1 Å². The van der Waals surface area contributed by atoms with Crippen molar-refractivity contribution in [1.29, 1.82) is 0 Å². The molecule has 0 amide bonds. The van der Waals surface area contributed by atoms with Crippen molar-refractivity contribution >= 4 is 17.3 Å². The first kappa shape index (κ1) is 15.6. The Morgan fingerprint density at radius 1 is 1.10 bits per heavy atom. The number of ether oxygens (including phenoxy) is 1. The molecule has 0 aliphatic heterocycles. The van der Waals surface area contributed by atoms with E-state index in [0.717, 1.165) is 23.1 Å². The predicted octanol–water partition coefficient (Wildman–Crippen LogP) is 4.71. The molecule has 0 spiro atoms. The molecule has 0 bridgehead atoms. The van der Waals surface area contributed by atoms with Gasteiger partial charge in [-0.05, 0) is 42.8 Å². The fourth-order valence-corrected chi connectivity index (χ4v) is 2.15. The molecule has 5 heteroatoms. The molecule has 2 rings (SSSR count). The van der Waals surface area contributed by atoms with Gasteiger partial charge in [0.1, 0.15) is 5.75 Å². The second-order valence-corrected chi connectivity index (χ2v) is 4.76. The number of rotatable bonds is 6. The summed E-state index contributed by atoms with van der Waals surface area (Å²) < 4.78 is 31.4. The van der Waals surface area contributed by atoms with Gasteiger partial charge in [-0.15, -0.1) is 11.6 Å². The van der Waals surface area contributed by atoms with Crippen molar-refractivity contribution < 1.29 is 13.5 Å². The molecule has 0 heterocycles. The summed E-state index contributed by atoms with van der Waals surface area (Å²) in [5.74, 6) is -0.590. The van der Waals surface area contributed by atoms with Crippen LogP contribution in [0.3, 0.4) is 0 Å². The monoisotopic (exact) mass is 311 g/mol. The van der Waals surface area contributed by atoms with E-state index in [2.05, 4.69) is 5.32 Å². The molecule has 0 aromatic heterocycles. The van der Waals surface area contributed by atoms with Gasteiger partial charge in [0.15, 0.2) is 11.6 Å². The molecule has 2 nitrogen and oxygen atoms in total. The third kappa shape index (κ3) is 4.08. The quantitative estimate of drug-likeness (QED) is 0.780. The fourth-order valence-electron chi connectivity index (χ4n) is 1.94. The van der Waals surface area contributed by atoms with Crippen molar-refractivity contribution in [2.75, 3.05) is 11.9 Å². The van der Waals surface area contributed by atoms with E-state index in [1.807, 2.05) is 25.1 Å². The van der Waals surface area contributed by atoms with Crippen LogP contribution in [0.4, 0.5) is 14.5 Å². The van der Waals surface area contributed by atoms with Gasteiger partial charge in [-0.25, -0.2) is 8.78 Å². The van der Waals surface area contributed by atoms with Gasteiger partial charge in [0.25, 0.3) is 0 Å². The Morgan fingerprint density at radius 2 is 1.90 bits per heavy atom. The zero-order valence-corrected chi connectivity index (χ0v) is 12.4. The zero-order chi connectivity index (χ0) is 15.2. The lowest BCUT2D eigenvalue weighted by Gasteiger charge is -2.12. The summed E-state index contributed by atoms with van der Waals surface area (Å²) in [5.41, 5.74) is 2.39. The second-order valence-electron chi connectivity index (χ2n) is 4.49. The predicted molar refractivity (Wildman–Crippen MR) is 80.9 cm³/mol. The SMILES string of the molecule is CCOc1ccc(NCc2ccc(F)c(F)c2)cc1CCl. The lowest BCUT2D eigenvalue weighted by molar-refractivity contribution is 0.337. The molecule has 0 aliphatic rings. The van der Waals surface area contributed by atoms with Crippen LogP contribution in [-0.2, 0) is 12.4 Å². The summed E-state index contributed by atoms with van der Waals surface area (Å²) in [6.07, 6.45) is 0. The van der Waals surface area contributed by atoms with E-state index >= 15 is 0 Å². The lowest BCUT2D eigenvalue weighted by Crippen LogP contribution is -2.02. The van der Waals surface area contributed by atoms with E-state index < -0.39 is 11.6 Å². The number of benzene rings is 2.